The van der Waals surface area contributed by atoms with Crippen LogP contribution in [0.25, 0.3) is 0 Å². The summed E-state index contributed by atoms with van der Waals surface area (Å²) in [5.74, 6) is 0.318. The smallest absolute Gasteiger partial charge is 0.462 e. The number of phosphoric ester groups is 2. The van der Waals surface area contributed by atoms with Crippen LogP contribution < -0.4 is 0 Å². The highest BCUT2D eigenvalue weighted by molar-refractivity contribution is 7.47. The number of rotatable bonds is 83. The van der Waals surface area contributed by atoms with E-state index in [0.717, 1.165) is 120 Å². The lowest BCUT2D eigenvalue weighted by Crippen LogP contribution is -2.30. The van der Waals surface area contributed by atoms with E-state index in [0.29, 0.717) is 25.7 Å². The Morgan fingerprint density at radius 3 is 0.654 bits per heavy atom. The van der Waals surface area contributed by atoms with Crippen LogP contribution in [0.4, 0.5) is 0 Å². The lowest BCUT2D eigenvalue weighted by atomic mass is 10.0. The highest BCUT2D eigenvalue weighted by atomic mass is 31.2. The molecule has 0 aliphatic rings. The van der Waals surface area contributed by atoms with Gasteiger partial charge in [0.1, 0.15) is 19.3 Å². The number of hydrogen-bond acceptors (Lipinski definition) is 15. The third kappa shape index (κ3) is 78.2. The van der Waals surface area contributed by atoms with E-state index in [9.17, 15) is 43.2 Å². The van der Waals surface area contributed by atoms with Crippen LogP contribution in [-0.4, -0.2) is 96.7 Å². The molecule has 0 aliphatic carbocycles. The summed E-state index contributed by atoms with van der Waals surface area (Å²) in [6.07, 6.45) is 65.5. The Labute approximate surface area is 638 Å². The van der Waals surface area contributed by atoms with E-state index in [1.807, 2.05) is 0 Å². The maximum absolute atomic E-state index is 13.1. The number of ether oxygens (including phenoxy) is 4. The predicted octanol–water partition coefficient (Wildman–Crippen LogP) is 25.7. The quantitative estimate of drug-likeness (QED) is 0.0222. The van der Waals surface area contributed by atoms with Gasteiger partial charge in [0.25, 0.3) is 0 Å². The number of aliphatic hydroxyl groups is 1. The molecular weight excluding hydrogens is 1350 g/mol. The summed E-state index contributed by atoms with van der Waals surface area (Å²) in [6.45, 7) is 12.0. The minimum Gasteiger partial charge on any atom is -0.462 e. The monoisotopic (exact) mass is 1520 g/mol. The molecule has 0 aliphatic heterocycles. The summed E-state index contributed by atoms with van der Waals surface area (Å²) in [4.78, 5) is 73.0. The van der Waals surface area contributed by atoms with E-state index < -0.39 is 97.5 Å². The molecule has 0 aromatic heterocycles. The van der Waals surface area contributed by atoms with Crippen molar-refractivity contribution in [1.29, 1.82) is 0 Å². The maximum Gasteiger partial charge on any atom is 0.472 e. The molecule has 0 saturated heterocycles. The number of phosphoric acid groups is 2. The van der Waals surface area contributed by atoms with Crippen molar-refractivity contribution in [3.05, 3.63) is 0 Å². The number of carbonyl (C=O) groups excluding carboxylic acids is 4. The fraction of sp³-hybridized carbons (Fsp3) is 0.953. The van der Waals surface area contributed by atoms with Gasteiger partial charge in [-0.2, -0.15) is 0 Å². The normalized spacial score (nSPS) is 13.9. The second-order valence-corrected chi connectivity index (χ2v) is 34.9. The minimum atomic E-state index is -4.96. The summed E-state index contributed by atoms with van der Waals surface area (Å²) >= 11 is 0. The zero-order chi connectivity index (χ0) is 76.5. The molecule has 0 aromatic carbocycles. The Kier molecular flexibility index (Phi) is 73.7. The van der Waals surface area contributed by atoms with E-state index in [1.54, 1.807) is 0 Å². The van der Waals surface area contributed by atoms with Crippen molar-refractivity contribution in [2.24, 2.45) is 17.8 Å². The first-order chi connectivity index (χ1) is 50.2. The average molecular weight is 1520 g/mol. The molecule has 0 rings (SSSR count). The van der Waals surface area contributed by atoms with E-state index in [1.165, 1.54) is 244 Å². The molecule has 0 saturated carbocycles. The first-order valence-electron chi connectivity index (χ1n) is 43.8. The first kappa shape index (κ1) is 102. The highest BCUT2D eigenvalue weighted by Gasteiger charge is 2.30. The summed E-state index contributed by atoms with van der Waals surface area (Å²) < 4.78 is 68.7. The van der Waals surface area contributed by atoms with Gasteiger partial charge in [0.2, 0.25) is 0 Å². The van der Waals surface area contributed by atoms with Gasteiger partial charge in [-0.15, -0.1) is 0 Å². The van der Waals surface area contributed by atoms with Crippen molar-refractivity contribution in [2.45, 2.75) is 465 Å². The van der Waals surface area contributed by atoms with Crippen molar-refractivity contribution >= 4 is 39.5 Å². The van der Waals surface area contributed by atoms with E-state index in [-0.39, 0.29) is 25.7 Å². The zero-order valence-corrected chi connectivity index (χ0v) is 70.3. The van der Waals surface area contributed by atoms with E-state index in [4.69, 9.17) is 37.0 Å². The second kappa shape index (κ2) is 75.1. The van der Waals surface area contributed by atoms with Crippen molar-refractivity contribution in [1.82, 2.24) is 0 Å². The summed E-state index contributed by atoms with van der Waals surface area (Å²) in [7, 11) is -9.92. The minimum absolute atomic E-state index is 0.107. The Morgan fingerprint density at radius 1 is 0.260 bits per heavy atom. The number of unbranched alkanes of at least 4 members (excludes halogenated alkanes) is 51. The van der Waals surface area contributed by atoms with Gasteiger partial charge < -0.3 is 33.8 Å². The van der Waals surface area contributed by atoms with Gasteiger partial charge in [-0.1, -0.05) is 395 Å². The van der Waals surface area contributed by atoms with E-state index >= 15 is 0 Å². The third-order valence-corrected chi connectivity index (χ3v) is 21.8. The first-order valence-corrected chi connectivity index (χ1v) is 46.8. The summed E-state index contributed by atoms with van der Waals surface area (Å²) in [5, 5.41) is 10.6. The van der Waals surface area contributed by atoms with Gasteiger partial charge in [0.15, 0.2) is 12.2 Å². The van der Waals surface area contributed by atoms with Crippen LogP contribution in [0.2, 0.25) is 0 Å². The fourth-order valence-electron chi connectivity index (χ4n) is 13.2. The molecule has 2 unspecified atom stereocenters. The molecule has 0 amide bonds. The molecular formula is C85H166O17P2. The zero-order valence-electron chi connectivity index (χ0n) is 68.5. The molecule has 0 aromatic rings. The lowest BCUT2D eigenvalue weighted by molar-refractivity contribution is -0.161. The van der Waals surface area contributed by atoms with Crippen LogP contribution in [0, 0.1) is 17.8 Å². The number of esters is 4. The van der Waals surface area contributed by atoms with Crippen LogP contribution in [0.5, 0.6) is 0 Å². The van der Waals surface area contributed by atoms with Crippen LogP contribution in [0.15, 0.2) is 0 Å². The van der Waals surface area contributed by atoms with Crippen molar-refractivity contribution < 1.29 is 80.2 Å². The maximum atomic E-state index is 13.1. The molecule has 17 nitrogen and oxygen atoms in total. The van der Waals surface area contributed by atoms with Crippen molar-refractivity contribution in [2.75, 3.05) is 39.6 Å². The number of hydrogen-bond donors (Lipinski definition) is 3. The predicted molar refractivity (Wildman–Crippen MR) is 428 cm³/mol. The fourth-order valence-corrected chi connectivity index (χ4v) is 14.8. The van der Waals surface area contributed by atoms with Gasteiger partial charge in [0.05, 0.1) is 26.4 Å². The Hall–Kier alpha value is -1.94. The van der Waals surface area contributed by atoms with Gasteiger partial charge >= 0.3 is 39.5 Å². The van der Waals surface area contributed by atoms with Gasteiger partial charge in [-0.3, -0.25) is 37.3 Å². The van der Waals surface area contributed by atoms with Gasteiger partial charge in [-0.05, 0) is 43.4 Å². The van der Waals surface area contributed by atoms with E-state index in [2.05, 4.69) is 48.5 Å². The molecule has 104 heavy (non-hydrogen) atoms. The number of aliphatic hydroxyl groups excluding tert-OH is 1. The number of carbonyl (C=O) groups is 4. The lowest BCUT2D eigenvalue weighted by Gasteiger charge is -2.21. The highest BCUT2D eigenvalue weighted by Crippen LogP contribution is 2.45. The van der Waals surface area contributed by atoms with Gasteiger partial charge in [-0.25, -0.2) is 9.13 Å². The molecule has 0 radical (unpaired) electrons. The topological polar surface area (TPSA) is 237 Å². The van der Waals surface area contributed by atoms with Crippen LogP contribution >= 0.6 is 15.6 Å². The Bertz CT molecular complexity index is 2010. The molecule has 3 N–H and O–H groups in total. The molecule has 19 heteroatoms. The van der Waals surface area contributed by atoms with Crippen LogP contribution in [-0.2, 0) is 65.4 Å². The molecule has 0 heterocycles. The second-order valence-electron chi connectivity index (χ2n) is 32.0. The SMILES string of the molecule is CCCCCCCCCC(=O)OC[C@H](COP(=O)(O)OC[C@H](O)COP(=O)(O)OC[C@@H](COC(=O)CCCCCCCCCCCCCCCCCCC(C)C)OC(=O)CCCCCCCCCCCCCCCCCCCCC(C)C)OC(=O)CCCCCCCCCCCCCCCCC(C)C. The molecule has 0 fully saturated rings. The summed E-state index contributed by atoms with van der Waals surface area (Å²) in [6, 6.07) is 0. The molecule has 5 atom stereocenters. The van der Waals surface area contributed by atoms with Gasteiger partial charge in [0, 0.05) is 25.7 Å². The standard InChI is InChI=1S/C85H166O17P2/c1-8-9-10-11-42-52-59-66-82(87)95-72-80(101-84(89)68-62-55-48-41-35-29-23-22-26-32-38-45-51-58-65-78(6)7)74-99-103(91,92)97-70-79(86)71-98-104(93,94)100-75-81(73-96-83(88)67-60-53-46-39-33-27-20-17-16-19-25-31-37-44-50-57-64-77(4)5)102-85(90)69-61-54-47-40-34-28-21-15-13-12-14-18-24-30-36-43-49-56-63-76(2)3/h76-81,86H,8-75H2,1-7H3,(H,91,92)(H,93,94)/t79-,80+,81+/m0/s1. The Morgan fingerprint density at radius 2 is 0.442 bits per heavy atom. The van der Waals surface area contributed by atoms with Crippen LogP contribution in [0.3, 0.4) is 0 Å². The third-order valence-electron chi connectivity index (χ3n) is 19.9. The van der Waals surface area contributed by atoms with Crippen LogP contribution in [0.1, 0.15) is 447 Å². The average Bonchev–Trinajstić information content (AvgIpc) is 0.905. The Balaban J connectivity index is 5.17. The molecule has 0 spiro atoms. The largest absolute Gasteiger partial charge is 0.472 e. The summed E-state index contributed by atoms with van der Waals surface area (Å²) in [5.41, 5.74) is 0. The van der Waals surface area contributed by atoms with Crippen molar-refractivity contribution in [3.8, 4) is 0 Å². The molecule has 0 bridgehead atoms. The van der Waals surface area contributed by atoms with Crippen molar-refractivity contribution in [3.63, 3.8) is 0 Å². The molecule has 618 valence electrons.